The SMILES string of the molecule is CNS(=O)(=O)c1ccc(Oc2cccc(CO)c2)cc1N. The molecule has 2 rings (SSSR count). The molecule has 0 aliphatic rings. The Balaban J connectivity index is 2.28. The first-order valence-electron chi connectivity index (χ1n) is 6.17. The second-order valence-corrected chi connectivity index (χ2v) is 6.17. The molecule has 0 amide bonds. The Bertz CT molecular complexity index is 744. The number of ether oxygens (including phenoxy) is 1. The number of nitrogen functional groups attached to an aromatic ring is 1. The zero-order valence-electron chi connectivity index (χ0n) is 11.4. The molecule has 0 fully saturated rings. The van der Waals surface area contributed by atoms with Crippen molar-refractivity contribution in [2.24, 2.45) is 0 Å². The number of hydrogen-bond acceptors (Lipinski definition) is 5. The van der Waals surface area contributed by atoms with Gasteiger partial charge in [-0.3, -0.25) is 0 Å². The second-order valence-electron chi connectivity index (χ2n) is 4.31. The Morgan fingerprint density at radius 1 is 1.19 bits per heavy atom. The summed E-state index contributed by atoms with van der Waals surface area (Å²) in [5.41, 5.74) is 6.57. The van der Waals surface area contributed by atoms with Crippen LogP contribution in [0.1, 0.15) is 5.56 Å². The predicted molar refractivity (Wildman–Crippen MR) is 79.5 cm³/mol. The lowest BCUT2D eigenvalue weighted by molar-refractivity contribution is 0.281. The minimum absolute atomic E-state index is 0.00135. The number of sulfonamides is 1. The lowest BCUT2D eigenvalue weighted by atomic mass is 10.2. The van der Waals surface area contributed by atoms with Crippen molar-refractivity contribution in [3.63, 3.8) is 0 Å². The van der Waals surface area contributed by atoms with Crippen LogP contribution in [0.3, 0.4) is 0 Å². The number of aliphatic hydroxyl groups is 1. The number of anilines is 1. The molecule has 112 valence electrons. The zero-order chi connectivity index (χ0) is 15.5. The first-order chi connectivity index (χ1) is 9.96. The van der Waals surface area contributed by atoms with Gasteiger partial charge in [-0.25, -0.2) is 13.1 Å². The number of hydrogen-bond donors (Lipinski definition) is 3. The lowest BCUT2D eigenvalue weighted by Crippen LogP contribution is -2.19. The van der Waals surface area contributed by atoms with E-state index in [-0.39, 0.29) is 17.2 Å². The van der Waals surface area contributed by atoms with E-state index in [2.05, 4.69) is 4.72 Å². The fraction of sp³-hybridized carbons (Fsp3) is 0.143. The molecule has 0 aliphatic heterocycles. The van der Waals surface area contributed by atoms with Crippen molar-refractivity contribution in [3.8, 4) is 11.5 Å². The quantitative estimate of drug-likeness (QED) is 0.726. The van der Waals surface area contributed by atoms with Crippen molar-refractivity contribution in [1.82, 2.24) is 4.72 Å². The number of nitrogens with two attached hydrogens (primary N) is 1. The molecule has 0 radical (unpaired) electrons. The Kier molecular flexibility index (Phi) is 4.46. The van der Waals surface area contributed by atoms with Crippen LogP contribution in [-0.2, 0) is 16.6 Å². The predicted octanol–water partition coefficient (Wildman–Crippen LogP) is 1.46. The van der Waals surface area contributed by atoms with Crippen LogP contribution >= 0.6 is 0 Å². The van der Waals surface area contributed by atoms with Gasteiger partial charge in [-0.05, 0) is 36.9 Å². The molecule has 0 heterocycles. The van der Waals surface area contributed by atoms with Crippen molar-refractivity contribution in [3.05, 3.63) is 48.0 Å². The van der Waals surface area contributed by atoms with E-state index in [9.17, 15) is 8.42 Å². The van der Waals surface area contributed by atoms with E-state index in [1.54, 1.807) is 24.3 Å². The monoisotopic (exact) mass is 308 g/mol. The van der Waals surface area contributed by atoms with Gasteiger partial charge >= 0.3 is 0 Å². The Morgan fingerprint density at radius 2 is 1.90 bits per heavy atom. The third-order valence-electron chi connectivity index (χ3n) is 2.86. The lowest BCUT2D eigenvalue weighted by Gasteiger charge is -2.10. The van der Waals surface area contributed by atoms with Gasteiger partial charge < -0.3 is 15.6 Å². The van der Waals surface area contributed by atoms with Gasteiger partial charge in [0.1, 0.15) is 16.4 Å². The Morgan fingerprint density at radius 3 is 2.52 bits per heavy atom. The molecule has 0 aromatic heterocycles. The van der Waals surface area contributed by atoms with E-state index < -0.39 is 10.0 Å². The topological polar surface area (TPSA) is 102 Å². The van der Waals surface area contributed by atoms with Gasteiger partial charge in [0.15, 0.2) is 0 Å². The van der Waals surface area contributed by atoms with Gasteiger partial charge in [-0.1, -0.05) is 12.1 Å². The van der Waals surface area contributed by atoms with Crippen molar-refractivity contribution in [2.45, 2.75) is 11.5 Å². The van der Waals surface area contributed by atoms with Crippen LogP contribution in [0, 0.1) is 0 Å². The minimum atomic E-state index is -3.59. The molecule has 0 spiro atoms. The summed E-state index contributed by atoms with van der Waals surface area (Å²) in [4.78, 5) is 0.00135. The first kappa shape index (κ1) is 15.3. The average Bonchev–Trinajstić information content (AvgIpc) is 2.47. The molecule has 0 saturated carbocycles. The number of benzene rings is 2. The smallest absolute Gasteiger partial charge is 0.242 e. The molecule has 0 unspecified atom stereocenters. The third kappa shape index (κ3) is 3.52. The van der Waals surface area contributed by atoms with Gasteiger partial charge in [0.25, 0.3) is 0 Å². The van der Waals surface area contributed by atoms with Crippen LogP contribution in [0.25, 0.3) is 0 Å². The van der Waals surface area contributed by atoms with E-state index in [1.807, 2.05) is 0 Å². The summed E-state index contributed by atoms with van der Waals surface area (Å²) in [6.07, 6.45) is 0. The van der Waals surface area contributed by atoms with Crippen molar-refractivity contribution in [2.75, 3.05) is 12.8 Å². The first-order valence-corrected chi connectivity index (χ1v) is 7.65. The molecule has 0 saturated heterocycles. The molecule has 7 heteroatoms. The molecule has 6 nitrogen and oxygen atoms in total. The molecule has 0 atom stereocenters. The van der Waals surface area contributed by atoms with Crippen LogP contribution in [0.5, 0.6) is 11.5 Å². The fourth-order valence-electron chi connectivity index (χ4n) is 1.79. The standard InChI is InChI=1S/C14H16N2O4S/c1-16-21(18,19)14-6-5-12(8-13(14)15)20-11-4-2-3-10(7-11)9-17/h2-8,16-17H,9,15H2,1H3. The van der Waals surface area contributed by atoms with Crippen molar-refractivity contribution in [1.29, 1.82) is 0 Å². The normalized spacial score (nSPS) is 11.3. The molecule has 21 heavy (non-hydrogen) atoms. The summed E-state index contributed by atoms with van der Waals surface area (Å²) in [5, 5.41) is 9.08. The molecule has 0 bridgehead atoms. The zero-order valence-corrected chi connectivity index (χ0v) is 12.2. The van der Waals surface area contributed by atoms with E-state index in [1.165, 1.54) is 25.2 Å². The number of nitrogens with one attached hydrogen (secondary N) is 1. The summed E-state index contributed by atoms with van der Waals surface area (Å²) < 4.78 is 31.2. The maximum absolute atomic E-state index is 11.7. The van der Waals surface area contributed by atoms with Crippen LogP contribution in [-0.4, -0.2) is 20.6 Å². The maximum atomic E-state index is 11.7. The minimum Gasteiger partial charge on any atom is -0.457 e. The summed E-state index contributed by atoms with van der Waals surface area (Å²) >= 11 is 0. The molecular weight excluding hydrogens is 292 g/mol. The van der Waals surface area contributed by atoms with Gasteiger partial charge in [0.05, 0.1) is 12.3 Å². The maximum Gasteiger partial charge on any atom is 0.242 e. The van der Waals surface area contributed by atoms with E-state index in [0.29, 0.717) is 11.5 Å². The molecule has 2 aromatic rings. The number of aliphatic hydroxyl groups excluding tert-OH is 1. The molecule has 0 aliphatic carbocycles. The van der Waals surface area contributed by atoms with Gasteiger partial charge in [-0.15, -0.1) is 0 Å². The average molecular weight is 308 g/mol. The third-order valence-corrected chi connectivity index (χ3v) is 4.34. The second kappa shape index (κ2) is 6.13. The van der Waals surface area contributed by atoms with Crippen LogP contribution in [0.15, 0.2) is 47.4 Å². The highest BCUT2D eigenvalue weighted by Gasteiger charge is 2.15. The summed E-state index contributed by atoms with van der Waals surface area (Å²) in [5.74, 6) is 0.947. The molecule has 4 N–H and O–H groups in total. The summed E-state index contributed by atoms with van der Waals surface area (Å²) in [7, 11) is -2.27. The van der Waals surface area contributed by atoms with Gasteiger partial charge in [0.2, 0.25) is 10.0 Å². The van der Waals surface area contributed by atoms with E-state index in [0.717, 1.165) is 5.56 Å². The van der Waals surface area contributed by atoms with Gasteiger partial charge in [0, 0.05) is 6.07 Å². The highest BCUT2D eigenvalue weighted by Crippen LogP contribution is 2.27. The molecular formula is C14H16N2O4S. The Hall–Kier alpha value is -2.09. The van der Waals surface area contributed by atoms with E-state index in [4.69, 9.17) is 15.6 Å². The van der Waals surface area contributed by atoms with Crippen molar-refractivity contribution < 1.29 is 18.3 Å². The van der Waals surface area contributed by atoms with Crippen LogP contribution in [0.2, 0.25) is 0 Å². The molecule has 2 aromatic carbocycles. The van der Waals surface area contributed by atoms with Crippen LogP contribution < -0.4 is 15.2 Å². The largest absolute Gasteiger partial charge is 0.457 e. The number of rotatable bonds is 5. The highest BCUT2D eigenvalue weighted by molar-refractivity contribution is 7.89. The summed E-state index contributed by atoms with van der Waals surface area (Å²) in [6, 6.07) is 11.3. The summed E-state index contributed by atoms with van der Waals surface area (Å²) in [6.45, 7) is -0.0846. The fourth-order valence-corrected chi connectivity index (χ4v) is 2.62. The highest BCUT2D eigenvalue weighted by atomic mass is 32.2. The van der Waals surface area contributed by atoms with E-state index >= 15 is 0 Å². The van der Waals surface area contributed by atoms with Crippen molar-refractivity contribution >= 4 is 15.7 Å². The van der Waals surface area contributed by atoms with Crippen LogP contribution in [0.4, 0.5) is 5.69 Å². The Labute approximate surface area is 123 Å². The van der Waals surface area contributed by atoms with Gasteiger partial charge in [-0.2, -0.15) is 0 Å².